The molecule has 25 heavy (non-hydrogen) atoms. The Kier molecular flexibility index (Phi) is 4.27. The second kappa shape index (κ2) is 6.72. The zero-order valence-corrected chi connectivity index (χ0v) is 14.7. The molecule has 0 radical (unpaired) electrons. The van der Waals surface area contributed by atoms with Gasteiger partial charge in [0.05, 0.1) is 29.0 Å². The Balaban J connectivity index is 1.48. The van der Waals surface area contributed by atoms with Crippen molar-refractivity contribution >= 4 is 40.2 Å². The number of nitrogens with one attached hydrogen (secondary N) is 1. The summed E-state index contributed by atoms with van der Waals surface area (Å²) in [5, 5.41) is 11.4. The summed E-state index contributed by atoms with van der Waals surface area (Å²) in [5.41, 5.74) is 3.17. The van der Waals surface area contributed by atoms with Crippen LogP contribution in [0.2, 0.25) is 0 Å². The molecule has 1 unspecified atom stereocenters. The largest absolute Gasteiger partial charge is 0.354 e. The van der Waals surface area contributed by atoms with E-state index in [4.69, 9.17) is 0 Å². The highest BCUT2D eigenvalue weighted by molar-refractivity contribution is 7.00. The average Bonchev–Trinajstić information content (AvgIpc) is 3.12. The molecule has 2 aromatic heterocycles. The Bertz CT molecular complexity index is 894. The lowest BCUT2D eigenvalue weighted by Gasteiger charge is -2.32. The van der Waals surface area contributed by atoms with Gasteiger partial charge in [0.15, 0.2) is 5.82 Å². The fraction of sp³-hybridized carbons (Fsp3) is 0.353. The molecule has 0 bridgehead atoms. The third-order valence-electron chi connectivity index (χ3n) is 4.44. The quantitative estimate of drug-likeness (QED) is 0.778. The van der Waals surface area contributed by atoms with Crippen molar-refractivity contribution in [1.82, 2.24) is 18.9 Å². The second-order valence-electron chi connectivity index (χ2n) is 6.24. The highest BCUT2D eigenvalue weighted by atomic mass is 32.1. The summed E-state index contributed by atoms with van der Waals surface area (Å²) in [5.74, 6) is 0.762. The summed E-state index contributed by atoms with van der Waals surface area (Å²) in [4.78, 5) is 14.9. The predicted octanol–water partition coefficient (Wildman–Crippen LogP) is 2.64. The molecule has 1 saturated heterocycles. The fourth-order valence-electron chi connectivity index (χ4n) is 3.10. The summed E-state index contributed by atoms with van der Waals surface area (Å²) in [6.45, 7) is 3.46. The fourth-order valence-corrected chi connectivity index (χ4v) is 3.65. The van der Waals surface area contributed by atoms with Gasteiger partial charge in [-0.3, -0.25) is 4.79 Å². The van der Waals surface area contributed by atoms with Gasteiger partial charge in [0.1, 0.15) is 11.0 Å². The predicted molar refractivity (Wildman–Crippen MR) is 97.8 cm³/mol. The lowest BCUT2D eigenvalue weighted by atomic mass is 9.97. The van der Waals surface area contributed by atoms with E-state index in [1.54, 1.807) is 0 Å². The molecule has 8 heteroatoms. The first-order chi connectivity index (χ1) is 12.2. The molecule has 1 aliphatic heterocycles. The number of amides is 1. The van der Waals surface area contributed by atoms with Crippen LogP contribution in [0.1, 0.15) is 18.5 Å². The van der Waals surface area contributed by atoms with Gasteiger partial charge in [0.2, 0.25) is 5.91 Å². The zero-order valence-electron chi connectivity index (χ0n) is 13.8. The van der Waals surface area contributed by atoms with E-state index < -0.39 is 0 Å². The number of piperidine rings is 1. The first-order valence-corrected chi connectivity index (χ1v) is 9.01. The molecule has 4 rings (SSSR count). The van der Waals surface area contributed by atoms with Crippen LogP contribution in [0.4, 0.5) is 11.5 Å². The molecule has 0 spiro atoms. The maximum Gasteiger partial charge on any atom is 0.229 e. The van der Waals surface area contributed by atoms with E-state index in [1.807, 2.05) is 37.3 Å². The summed E-state index contributed by atoms with van der Waals surface area (Å²) in [6, 6.07) is 9.56. The van der Waals surface area contributed by atoms with E-state index in [-0.39, 0.29) is 11.8 Å². The van der Waals surface area contributed by atoms with Crippen molar-refractivity contribution in [1.29, 1.82) is 0 Å². The van der Waals surface area contributed by atoms with Gasteiger partial charge in [-0.2, -0.15) is 13.8 Å². The normalized spacial score (nSPS) is 17.6. The molecule has 1 aromatic carbocycles. The van der Waals surface area contributed by atoms with Crippen LogP contribution in [-0.2, 0) is 4.79 Å². The molecule has 7 nitrogen and oxygen atoms in total. The maximum absolute atomic E-state index is 12.7. The average molecular weight is 354 g/mol. The standard InChI is InChI=1S/C17H18N6OS/c1-11-7-8-15(20-19-11)23-9-3-4-12(10-23)17(24)18-13-5-2-6-14-16(13)22-25-21-14/h2,5-8,12H,3-4,9-10H2,1H3,(H,18,24). The van der Waals surface area contributed by atoms with Gasteiger partial charge in [-0.1, -0.05) is 6.07 Å². The third kappa shape index (κ3) is 3.30. The zero-order chi connectivity index (χ0) is 17.2. The topological polar surface area (TPSA) is 83.9 Å². The minimum atomic E-state index is -0.0845. The number of hydrogen-bond acceptors (Lipinski definition) is 7. The monoisotopic (exact) mass is 354 g/mol. The molecular formula is C17H18N6OS. The number of benzene rings is 1. The van der Waals surface area contributed by atoms with Crippen LogP contribution >= 0.6 is 11.7 Å². The van der Waals surface area contributed by atoms with E-state index in [0.717, 1.165) is 59.3 Å². The number of aromatic nitrogens is 4. The van der Waals surface area contributed by atoms with Gasteiger partial charge in [0.25, 0.3) is 0 Å². The van der Waals surface area contributed by atoms with Crippen molar-refractivity contribution in [3.05, 3.63) is 36.0 Å². The number of carbonyl (C=O) groups is 1. The minimum Gasteiger partial charge on any atom is -0.354 e. The van der Waals surface area contributed by atoms with Crippen LogP contribution in [-0.4, -0.2) is 37.9 Å². The lowest BCUT2D eigenvalue weighted by Crippen LogP contribution is -2.41. The van der Waals surface area contributed by atoms with E-state index in [0.29, 0.717) is 6.54 Å². The van der Waals surface area contributed by atoms with Crippen molar-refractivity contribution in [3.8, 4) is 0 Å². The molecule has 128 valence electrons. The molecule has 0 aliphatic carbocycles. The summed E-state index contributed by atoms with van der Waals surface area (Å²) >= 11 is 1.15. The Labute approximate surface area is 149 Å². The number of rotatable bonds is 3. The SMILES string of the molecule is Cc1ccc(N2CCCC(C(=O)Nc3cccc4nsnc34)C2)nn1. The molecule has 1 N–H and O–H groups in total. The number of anilines is 2. The van der Waals surface area contributed by atoms with Crippen LogP contribution in [0.5, 0.6) is 0 Å². The van der Waals surface area contributed by atoms with Crippen molar-refractivity contribution < 1.29 is 4.79 Å². The van der Waals surface area contributed by atoms with Crippen molar-refractivity contribution in [2.75, 3.05) is 23.3 Å². The maximum atomic E-state index is 12.7. The molecular weight excluding hydrogens is 336 g/mol. The van der Waals surface area contributed by atoms with Crippen LogP contribution in [0, 0.1) is 12.8 Å². The van der Waals surface area contributed by atoms with E-state index in [1.165, 1.54) is 0 Å². The first-order valence-electron chi connectivity index (χ1n) is 8.28. The highest BCUT2D eigenvalue weighted by Gasteiger charge is 2.27. The van der Waals surface area contributed by atoms with Crippen LogP contribution in [0.3, 0.4) is 0 Å². The van der Waals surface area contributed by atoms with Crippen molar-refractivity contribution in [2.45, 2.75) is 19.8 Å². The summed E-state index contributed by atoms with van der Waals surface area (Å²) < 4.78 is 8.49. The first kappa shape index (κ1) is 15.9. The van der Waals surface area contributed by atoms with Gasteiger partial charge in [-0.25, -0.2) is 0 Å². The van der Waals surface area contributed by atoms with Gasteiger partial charge < -0.3 is 10.2 Å². The molecule has 3 heterocycles. The van der Waals surface area contributed by atoms with Crippen LogP contribution in [0.25, 0.3) is 11.0 Å². The van der Waals surface area contributed by atoms with Gasteiger partial charge in [-0.05, 0) is 44.0 Å². The van der Waals surface area contributed by atoms with Gasteiger partial charge in [-0.15, -0.1) is 5.10 Å². The van der Waals surface area contributed by atoms with Crippen molar-refractivity contribution in [3.63, 3.8) is 0 Å². The summed E-state index contributed by atoms with van der Waals surface area (Å²) in [6.07, 6.45) is 1.82. The molecule has 0 saturated carbocycles. The highest BCUT2D eigenvalue weighted by Crippen LogP contribution is 2.25. The van der Waals surface area contributed by atoms with Crippen LogP contribution < -0.4 is 10.2 Å². The summed E-state index contributed by atoms with van der Waals surface area (Å²) in [7, 11) is 0. The minimum absolute atomic E-state index is 0.0188. The molecule has 1 fully saturated rings. The van der Waals surface area contributed by atoms with Gasteiger partial charge in [0, 0.05) is 13.1 Å². The molecule has 3 aromatic rings. The second-order valence-corrected chi connectivity index (χ2v) is 6.77. The van der Waals surface area contributed by atoms with E-state index in [9.17, 15) is 4.79 Å². The lowest BCUT2D eigenvalue weighted by molar-refractivity contribution is -0.120. The Morgan fingerprint density at radius 1 is 1.24 bits per heavy atom. The van der Waals surface area contributed by atoms with Crippen LogP contribution in [0.15, 0.2) is 30.3 Å². The number of carbonyl (C=O) groups excluding carboxylic acids is 1. The van der Waals surface area contributed by atoms with Crippen molar-refractivity contribution in [2.24, 2.45) is 5.92 Å². The van der Waals surface area contributed by atoms with E-state index in [2.05, 4.69) is 29.2 Å². The van der Waals surface area contributed by atoms with Gasteiger partial charge >= 0.3 is 0 Å². The number of nitrogens with zero attached hydrogens (tertiary/aromatic N) is 5. The molecule has 1 aliphatic rings. The number of aryl methyl sites for hydroxylation is 1. The number of hydrogen-bond donors (Lipinski definition) is 1. The van der Waals surface area contributed by atoms with E-state index >= 15 is 0 Å². The Morgan fingerprint density at radius 2 is 2.16 bits per heavy atom. The Morgan fingerprint density at radius 3 is 3.00 bits per heavy atom. The molecule has 1 atom stereocenters. The Hall–Kier alpha value is -2.61. The molecule has 1 amide bonds. The third-order valence-corrected chi connectivity index (χ3v) is 4.99. The number of fused-ring (bicyclic) bond motifs is 1. The smallest absolute Gasteiger partial charge is 0.229 e.